The number of nitrogens with zero attached hydrogens (tertiary/aromatic N) is 1. The molecule has 2 atom stereocenters. The summed E-state index contributed by atoms with van der Waals surface area (Å²) >= 11 is 0. The lowest BCUT2D eigenvalue weighted by Crippen LogP contribution is -2.39. The lowest BCUT2D eigenvalue weighted by molar-refractivity contribution is -0.118. The zero-order chi connectivity index (χ0) is 23.1. The Bertz CT molecular complexity index is 1070. The van der Waals surface area contributed by atoms with Gasteiger partial charge in [0.15, 0.2) is 11.5 Å². The normalized spacial score (nSPS) is 24.5. The first-order valence-electron chi connectivity index (χ1n) is 11.6. The van der Waals surface area contributed by atoms with Crippen LogP contribution in [0, 0.1) is 11.8 Å². The summed E-state index contributed by atoms with van der Waals surface area (Å²) in [5, 5.41) is 0. The molecule has 3 saturated carbocycles. The van der Waals surface area contributed by atoms with Gasteiger partial charge in [0.05, 0.1) is 30.7 Å². The molecular weight excluding hydrogens is 420 g/mol. The first-order valence-corrected chi connectivity index (χ1v) is 11.6. The molecule has 3 fully saturated rings. The molecule has 6 rings (SSSR count). The van der Waals surface area contributed by atoms with Gasteiger partial charge >= 0.3 is 0 Å². The highest BCUT2D eigenvalue weighted by Gasteiger charge is 2.41. The summed E-state index contributed by atoms with van der Waals surface area (Å²) in [4.78, 5) is 39.3. The van der Waals surface area contributed by atoms with Crippen molar-refractivity contribution in [1.29, 1.82) is 0 Å². The van der Waals surface area contributed by atoms with Crippen LogP contribution >= 0.6 is 0 Å². The minimum absolute atomic E-state index is 0.121. The second kappa shape index (κ2) is 8.54. The van der Waals surface area contributed by atoms with Crippen molar-refractivity contribution in [3.05, 3.63) is 59.2 Å². The van der Waals surface area contributed by atoms with Crippen LogP contribution < -0.4 is 15.2 Å². The van der Waals surface area contributed by atoms with Gasteiger partial charge in [0.25, 0.3) is 11.8 Å². The summed E-state index contributed by atoms with van der Waals surface area (Å²) in [5.74, 6) is 0.934. The highest BCUT2D eigenvalue weighted by atomic mass is 16.5. The number of nitrogens with two attached hydrogens (primary N) is 1. The smallest absolute Gasteiger partial charge is 0.262 e. The van der Waals surface area contributed by atoms with E-state index in [1.807, 2.05) is 0 Å². The number of hydrogen-bond acceptors (Lipinski definition) is 5. The number of fused-ring (bicyclic) bond motifs is 4. The Balaban J connectivity index is 1.49. The molecule has 7 nitrogen and oxygen atoms in total. The van der Waals surface area contributed by atoms with Crippen molar-refractivity contribution < 1.29 is 23.9 Å². The van der Waals surface area contributed by atoms with E-state index in [2.05, 4.69) is 0 Å². The highest BCUT2D eigenvalue weighted by molar-refractivity contribution is 6.21. The van der Waals surface area contributed by atoms with Crippen molar-refractivity contribution in [1.82, 2.24) is 4.90 Å². The number of primary amides is 1. The summed E-state index contributed by atoms with van der Waals surface area (Å²) in [6, 6.07) is 11.2. The van der Waals surface area contributed by atoms with Gasteiger partial charge in [-0.25, -0.2) is 0 Å². The molecule has 3 aliphatic carbocycles. The van der Waals surface area contributed by atoms with Gasteiger partial charge in [0.2, 0.25) is 5.91 Å². The van der Waals surface area contributed by atoms with Gasteiger partial charge < -0.3 is 15.2 Å². The monoisotopic (exact) mass is 448 g/mol. The van der Waals surface area contributed by atoms with Crippen LogP contribution in [0.15, 0.2) is 42.5 Å². The maximum Gasteiger partial charge on any atom is 0.262 e. The van der Waals surface area contributed by atoms with E-state index in [1.165, 1.54) is 25.7 Å². The standard InChI is InChI=1S/C26H28N2O5/c1-32-21-11-10-17(13-23(21)33-22-12-15-6-8-16(22)9-7-15)20(14-24(27)29)28-25(30)18-4-2-3-5-19(18)26(28)31/h2-5,10-11,13,15-16,20,22H,6-9,12,14H2,1H3,(H2,27,29). The highest BCUT2D eigenvalue weighted by Crippen LogP contribution is 2.45. The molecule has 1 aliphatic heterocycles. The molecule has 4 aliphatic rings. The molecule has 0 saturated heterocycles. The summed E-state index contributed by atoms with van der Waals surface area (Å²) in [7, 11) is 1.58. The maximum absolute atomic E-state index is 13.1. The maximum atomic E-state index is 13.1. The van der Waals surface area contributed by atoms with E-state index in [9.17, 15) is 14.4 Å². The number of carbonyl (C=O) groups is 3. The summed E-state index contributed by atoms with van der Waals surface area (Å²) in [6.07, 6.45) is 5.86. The van der Waals surface area contributed by atoms with Crippen LogP contribution in [0.5, 0.6) is 11.5 Å². The molecule has 3 amide bonds. The van der Waals surface area contributed by atoms with Gasteiger partial charge in [-0.05, 0) is 73.8 Å². The molecule has 2 aromatic carbocycles. The van der Waals surface area contributed by atoms with Crippen molar-refractivity contribution in [3.8, 4) is 11.5 Å². The average Bonchev–Trinajstić information content (AvgIpc) is 3.08. The number of amides is 3. The fraction of sp³-hybridized carbons (Fsp3) is 0.423. The molecule has 2 bridgehead atoms. The number of methoxy groups -OCH3 is 1. The van der Waals surface area contributed by atoms with Crippen LogP contribution in [0.2, 0.25) is 0 Å². The summed E-state index contributed by atoms with van der Waals surface area (Å²) in [5.41, 5.74) is 6.81. The Kier molecular flexibility index (Phi) is 5.56. The Morgan fingerprint density at radius 3 is 2.24 bits per heavy atom. The SMILES string of the molecule is COc1ccc(C(CC(N)=O)N2C(=O)c3ccccc3C2=O)cc1OC1CC2CCC1CC2. The van der Waals surface area contributed by atoms with E-state index in [1.54, 1.807) is 49.6 Å². The third kappa shape index (κ3) is 3.86. The quantitative estimate of drug-likeness (QED) is 0.649. The molecule has 33 heavy (non-hydrogen) atoms. The zero-order valence-corrected chi connectivity index (χ0v) is 18.7. The van der Waals surface area contributed by atoms with Gasteiger partial charge in [-0.2, -0.15) is 0 Å². The van der Waals surface area contributed by atoms with Crippen molar-refractivity contribution in [2.75, 3.05) is 7.11 Å². The first kappa shape index (κ1) is 21.5. The third-order valence-electron chi connectivity index (χ3n) is 7.37. The molecule has 0 radical (unpaired) electrons. The van der Waals surface area contributed by atoms with E-state index >= 15 is 0 Å². The molecule has 7 heteroatoms. The van der Waals surface area contributed by atoms with Crippen LogP contribution in [0.25, 0.3) is 0 Å². The number of rotatable bonds is 7. The molecule has 0 aromatic heterocycles. The molecule has 2 N–H and O–H groups in total. The predicted molar refractivity (Wildman–Crippen MR) is 121 cm³/mol. The predicted octanol–water partition coefficient (Wildman–Crippen LogP) is 3.87. The molecule has 172 valence electrons. The number of ether oxygens (including phenoxy) is 2. The lowest BCUT2D eigenvalue weighted by atomic mass is 9.69. The minimum atomic E-state index is -0.828. The first-order chi connectivity index (χ1) is 16.0. The fourth-order valence-corrected chi connectivity index (χ4v) is 5.66. The Labute approximate surface area is 192 Å². The summed E-state index contributed by atoms with van der Waals surface area (Å²) in [6.45, 7) is 0. The van der Waals surface area contributed by atoms with E-state index in [-0.39, 0.29) is 12.5 Å². The van der Waals surface area contributed by atoms with Crippen molar-refractivity contribution in [3.63, 3.8) is 0 Å². The lowest BCUT2D eigenvalue weighted by Gasteiger charge is -2.42. The number of imide groups is 1. The number of benzene rings is 2. The van der Waals surface area contributed by atoms with E-state index < -0.39 is 23.8 Å². The molecule has 2 aromatic rings. The van der Waals surface area contributed by atoms with Gasteiger partial charge in [0, 0.05) is 0 Å². The van der Waals surface area contributed by atoms with Crippen LogP contribution in [0.3, 0.4) is 0 Å². The molecule has 2 unspecified atom stereocenters. The van der Waals surface area contributed by atoms with Gasteiger partial charge in [0.1, 0.15) is 6.10 Å². The number of carbonyl (C=O) groups excluding carboxylic acids is 3. The van der Waals surface area contributed by atoms with Gasteiger partial charge in [-0.3, -0.25) is 19.3 Å². The van der Waals surface area contributed by atoms with E-state index in [0.29, 0.717) is 40.0 Å². The largest absolute Gasteiger partial charge is 0.493 e. The van der Waals surface area contributed by atoms with Gasteiger partial charge in [-0.15, -0.1) is 0 Å². The van der Waals surface area contributed by atoms with E-state index in [4.69, 9.17) is 15.2 Å². The number of hydrogen-bond donors (Lipinski definition) is 1. The average molecular weight is 449 g/mol. The Morgan fingerprint density at radius 2 is 1.70 bits per heavy atom. The second-order valence-electron chi connectivity index (χ2n) is 9.30. The van der Waals surface area contributed by atoms with Crippen LogP contribution in [-0.4, -0.2) is 35.8 Å². The Hall–Kier alpha value is -3.35. The summed E-state index contributed by atoms with van der Waals surface area (Å²) < 4.78 is 12.0. The Morgan fingerprint density at radius 1 is 1.03 bits per heavy atom. The second-order valence-corrected chi connectivity index (χ2v) is 9.30. The minimum Gasteiger partial charge on any atom is -0.493 e. The fourth-order valence-electron chi connectivity index (χ4n) is 5.66. The van der Waals surface area contributed by atoms with Crippen LogP contribution in [-0.2, 0) is 4.79 Å². The van der Waals surface area contributed by atoms with Gasteiger partial charge in [-0.1, -0.05) is 18.2 Å². The van der Waals surface area contributed by atoms with Crippen molar-refractivity contribution >= 4 is 17.7 Å². The molecule has 1 heterocycles. The van der Waals surface area contributed by atoms with Crippen molar-refractivity contribution in [2.45, 2.75) is 50.7 Å². The zero-order valence-electron chi connectivity index (χ0n) is 18.7. The third-order valence-corrected chi connectivity index (χ3v) is 7.37. The van der Waals surface area contributed by atoms with Crippen molar-refractivity contribution in [2.24, 2.45) is 17.6 Å². The van der Waals surface area contributed by atoms with E-state index in [0.717, 1.165) is 11.3 Å². The van der Waals surface area contributed by atoms with Crippen LogP contribution in [0.4, 0.5) is 0 Å². The molecular formula is C26H28N2O5. The topological polar surface area (TPSA) is 98.9 Å². The molecule has 0 spiro atoms. The van der Waals surface area contributed by atoms with Crippen LogP contribution in [0.1, 0.15) is 70.8 Å².